The van der Waals surface area contributed by atoms with E-state index in [-0.39, 0.29) is 29.1 Å². The number of carbonyl (C=O) groups excluding carboxylic acids is 1. The molecule has 1 amide bonds. The molecule has 0 unspecified atom stereocenters. The van der Waals surface area contributed by atoms with Crippen LogP contribution in [0.3, 0.4) is 0 Å². The second-order valence-corrected chi connectivity index (χ2v) is 9.85. The number of benzene rings is 1. The summed E-state index contributed by atoms with van der Waals surface area (Å²) >= 11 is 0. The van der Waals surface area contributed by atoms with Crippen LogP contribution in [0.4, 0.5) is 16.0 Å². The number of nitrogens with two attached hydrogens (primary N) is 2. The van der Waals surface area contributed by atoms with E-state index in [1.165, 1.54) is 28.9 Å². The third-order valence-electron chi connectivity index (χ3n) is 7.53. The number of hydrogen-bond donors (Lipinski definition) is 3. The van der Waals surface area contributed by atoms with Gasteiger partial charge in [0.15, 0.2) is 5.65 Å². The SMILES string of the molecule is Nc1[nH]ncc1C(=O)N1CCC(n2c(=O)ccc3c(N)n4ncc(-c5cnc6ccc(F)cc6c5)c4nc32)CC1. The number of fused-ring (bicyclic) bond motifs is 3. The molecule has 1 aliphatic rings. The monoisotopic (exact) mass is 538 g/mol. The van der Waals surface area contributed by atoms with Crippen molar-refractivity contribution in [2.24, 2.45) is 0 Å². The van der Waals surface area contributed by atoms with Gasteiger partial charge in [-0.2, -0.15) is 14.7 Å². The summed E-state index contributed by atoms with van der Waals surface area (Å²) in [6.45, 7) is 0.873. The summed E-state index contributed by atoms with van der Waals surface area (Å²) in [6, 6.07) is 9.15. The van der Waals surface area contributed by atoms with Crippen LogP contribution in [-0.4, -0.2) is 58.2 Å². The van der Waals surface area contributed by atoms with Crippen LogP contribution in [0.15, 0.2) is 59.8 Å². The number of likely N-dealkylation sites (tertiary alicyclic amines) is 1. The molecule has 1 saturated heterocycles. The van der Waals surface area contributed by atoms with E-state index in [9.17, 15) is 14.0 Å². The van der Waals surface area contributed by atoms with Crippen LogP contribution in [0, 0.1) is 5.82 Å². The number of amides is 1. The number of anilines is 2. The molecule has 1 aromatic carbocycles. The molecule has 40 heavy (non-hydrogen) atoms. The normalized spacial score (nSPS) is 14.5. The zero-order valence-electron chi connectivity index (χ0n) is 21.1. The molecule has 0 radical (unpaired) electrons. The molecule has 1 aliphatic heterocycles. The molecular formula is C27H23FN10O2. The molecule has 6 heterocycles. The number of nitrogens with one attached hydrogen (secondary N) is 1. The summed E-state index contributed by atoms with van der Waals surface area (Å²) < 4.78 is 17.1. The van der Waals surface area contributed by atoms with E-state index >= 15 is 0 Å². The number of pyridine rings is 2. The topological polar surface area (TPSA) is 166 Å². The van der Waals surface area contributed by atoms with Gasteiger partial charge in [-0.1, -0.05) is 0 Å². The highest BCUT2D eigenvalue weighted by atomic mass is 19.1. The molecule has 1 fully saturated rings. The lowest BCUT2D eigenvalue weighted by Gasteiger charge is -2.33. The number of hydrogen-bond acceptors (Lipinski definition) is 8. The number of aromatic nitrogens is 7. The Balaban J connectivity index is 1.29. The smallest absolute Gasteiger partial charge is 0.259 e. The lowest BCUT2D eigenvalue weighted by molar-refractivity contribution is 0.0696. The van der Waals surface area contributed by atoms with Crippen molar-refractivity contribution in [1.29, 1.82) is 0 Å². The molecule has 0 aliphatic carbocycles. The molecular weight excluding hydrogens is 515 g/mol. The maximum atomic E-state index is 13.9. The van der Waals surface area contributed by atoms with Gasteiger partial charge in [-0.15, -0.1) is 0 Å². The van der Waals surface area contributed by atoms with Crippen molar-refractivity contribution in [1.82, 2.24) is 39.2 Å². The van der Waals surface area contributed by atoms with Gasteiger partial charge in [-0.05, 0) is 43.2 Å². The van der Waals surface area contributed by atoms with Crippen molar-refractivity contribution >= 4 is 45.1 Å². The lowest BCUT2D eigenvalue weighted by Crippen LogP contribution is -2.41. The Bertz CT molecular complexity index is 2020. The van der Waals surface area contributed by atoms with Gasteiger partial charge in [0.1, 0.15) is 28.7 Å². The van der Waals surface area contributed by atoms with E-state index in [1.807, 2.05) is 6.07 Å². The fourth-order valence-electron chi connectivity index (χ4n) is 5.47. The standard InChI is InChI=1S/C27H23FN10O2/c28-16-1-3-21-14(10-16)9-15(11-31-21)19-13-33-38-24(30)18-2-4-22(39)37(25(18)34-26(19)38)17-5-7-36(8-6-17)27(40)20-12-32-35-23(20)29/h1-4,9-13,17H,5-8,30H2,(H3,29,32,35). The third-order valence-corrected chi connectivity index (χ3v) is 7.53. The van der Waals surface area contributed by atoms with Crippen molar-refractivity contribution in [2.45, 2.75) is 18.9 Å². The van der Waals surface area contributed by atoms with E-state index in [1.54, 1.807) is 34.0 Å². The van der Waals surface area contributed by atoms with E-state index < -0.39 is 0 Å². The number of rotatable bonds is 3. The zero-order chi connectivity index (χ0) is 27.5. The largest absolute Gasteiger partial charge is 0.383 e. The van der Waals surface area contributed by atoms with Gasteiger partial charge in [-0.25, -0.2) is 9.37 Å². The number of carbonyl (C=O) groups is 1. The van der Waals surface area contributed by atoms with Crippen LogP contribution in [-0.2, 0) is 0 Å². The molecule has 7 rings (SSSR count). The predicted molar refractivity (Wildman–Crippen MR) is 147 cm³/mol. The predicted octanol–water partition coefficient (Wildman–Crippen LogP) is 2.76. The van der Waals surface area contributed by atoms with Crippen LogP contribution in [0.1, 0.15) is 29.2 Å². The van der Waals surface area contributed by atoms with Crippen molar-refractivity contribution < 1.29 is 9.18 Å². The first-order chi connectivity index (χ1) is 19.4. The van der Waals surface area contributed by atoms with Crippen LogP contribution >= 0.6 is 0 Å². The molecule has 0 spiro atoms. The number of nitrogens with zero attached hydrogens (tertiary/aromatic N) is 7. The molecule has 0 saturated carbocycles. The molecule has 200 valence electrons. The lowest BCUT2D eigenvalue weighted by atomic mass is 10.0. The summed E-state index contributed by atoms with van der Waals surface area (Å²) in [7, 11) is 0. The molecule has 0 atom stereocenters. The fraction of sp³-hybridized carbons (Fsp3) is 0.185. The average Bonchev–Trinajstić information content (AvgIpc) is 3.59. The highest BCUT2D eigenvalue weighted by Gasteiger charge is 2.28. The van der Waals surface area contributed by atoms with Crippen molar-refractivity contribution in [3.8, 4) is 11.1 Å². The Morgan fingerprint density at radius 1 is 1.02 bits per heavy atom. The van der Waals surface area contributed by atoms with E-state index in [2.05, 4.69) is 20.3 Å². The van der Waals surface area contributed by atoms with Crippen LogP contribution in [0.2, 0.25) is 0 Å². The quantitative estimate of drug-likeness (QED) is 0.309. The van der Waals surface area contributed by atoms with Crippen LogP contribution < -0.4 is 17.0 Å². The maximum absolute atomic E-state index is 13.9. The van der Waals surface area contributed by atoms with Crippen molar-refractivity contribution in [3.63, 3.8) is 0 Å². The molecule has 5 N–H and O–H groups in total. The number of halogens is 1. The summed E-state index contributed by atoms with van der Waals surface area (Å²) in [5, 5.41) is 12.1. The van der Waals surface area contributed by atoms with E-state index in [0.717, 1.165) is 0 Å². The second kappa shape index (κ2) is 8.86. The van der Waals surface area contributed by atoms with Crippen molar-refractivity contribution in [2.75, 3.05) is 24.6 Å². The van der Waals surface area contributed by atoms with Gasteiger partial charge >= 0.3 is 0 Å². The minimum Gasteiger partial charge on any atom is -0.383 e. The number of H-pyrrole nitrogens is 1. The summed E-state index contributed by atoms with van der Waals surface area (Å²) in [5.74, 6) is 0.00351. The fourth-order valence-corrected chi connectivity index (χ4v) is 5.47. The zero-order valence-corrected chi connectivity index (χ0v) is 21.1. The highest BCUT2D eigenvalue weighted by Crippen LogP contribution is 2.32. The molecule has 13 heteroatoms. The maximum Gasteiger partial charge on any atom is 0.259 e. The minimum absolute atomic E-state index is 0.201. The van der Waals surface area contributed by atoms with Gasteiger partial charge in [-0.3, -0.25) is 24.2 Å². The number of aromatic amines is 1. The Kier molecular flexibility index (Phi) is 5.27. The van der Waals surface area contributed by atoms with Gasteiger partial charge in [0.25, 0.3) is 11.5 Å². The van der Waals surface area contributed by atoms with Gasteiger partial charge in [0.05, 0.1) is 23.3 Å². The summed E-state index contributed by atoms with van der Waals surface area (Å²) in [6.07, 6.45) is 5.81. The Morgan fingerprint density at radius 2 is 1.85 bits per heavy atom. The van der Waals surface area contributed by atoms with E-state index in [0.29, 0.717) is 76.0 Å². The molecule has 5 aromatic heterocycles. The first-order valence-corrected chi connectivity index (χ1v) is 12.7. The molecule has 12 nitrogen and oxygen atoms in total. The first kappa shape index (κ1) is 23.8. The Labute approximate surface area is 225 Å². The average molecular weight is 539 g/mol. The van der Waals surface area contributed by atoms with Gasteiger partial charge in [0.2, 0.25) is 0 Å². The van der Waals surface area contributed by atoms with Gasteiger partial charge in [0, 0.05) is 47.9 Å². The third kappa shape index (κ3) is 3.66. The number of nitrogen functional groups attached to an aromatic ring is 2. The van der Waals surface area contributed by atoms with Gasteiger partial charge < -0.3 is 16.4 Å². The molecule has 0 bridgehead atoms. The molecule has 6 aromatic rings. The Hall–Kier alpha value is -5.33. The second-order valence-electron chi connectivity index (χ2n) is 9.85. The van der Waals surface area contributed by atoms with Crippen LogP contribution in [0.25, 0.3) is 38.7 Å². The summed E-state index contributed by atoms with van der Waals surface area (Å²) in [4.78, 5) is 37.1. The summed E-state index contributed by atoms with van der Waals surface area (Å²) in [5.41, 5.74) is 15.4. The minimum atomic E-state index is -0.357. The Morgan fingerprint density at radius 3 is 2.62 bits per heavy atom. The van der Waals surface area contributed by atoms with Crippen LogP contribution in [0.5, 0.6) is 0 Å². The first-order valence-electron chi connectivity index (χ1n) is 12.7. The number of piperidine rings is 1. The van der Waals surface area contributed by atoms with Crippen molar-refractivity contribution in [3.05, 3.63) is 76.7 Å². The van der Waals surface area contributed by atoms with E-state index in [4.69, 9.17) is 16.5 Å². The highest BCUT2D eigenvalue weighted by molar-refractivity contribution is 5.98.